The van der Waals surface area contributed by atoms with Crippen LogP contribution in [-0.4, -0.2) is 52.6 Å². The summed E-state index contributed by atoms with van der Waals surface area (Å²) in [5, 5.41) is 14.9. The van der Waals surface area contributed by atoms with Crippen LogP contribution in [0.4, 0.5) is 0 Å². The van der Waals surface area contributed by atoms with Crippen molar-refractivity contribution in [3.05, 3.63) is 59.4 Å². The number of benzene rings is 2. The number of carbonyl (C=O) groups is 1. The van der Waals surface area contributed by atoms with Gasteiger partial charge < -0.3 is 5.32 Å². The number of nitrogens with zero attached hydrogens (tertiary/aromatic N) is 4. The number of aromatic nitrogens is 4. The molecule has 0 bridgehead atoms. The van der Waals surface area contributed by atoms with Crippen molar-refractivity contribution < 1.29 is 13.2 Å². The molecule has 0 saturated carbocycles. The van der Waals surface area contributed by atoms with Gasteiger partial charge in [-0.1, -0.05) is 50.6 Å². The molecule has 1 amide bonds. The highest BCUT2D eigenvalue weighted by atomic mass is 32.2. The number of hydrogen-bond donors (Lipinski definition) is 1. The summed E-state index contributed by atoms with van der Waals surface area (Å²) in [5.41, 5.74) is 4.14. The first-order valence-corrected chi connectivity index (χ1v) is 13.0. The highest BCUT2D eigenvalue weighted by Gasteiger charge is 2.16. The van der Waals surface area contributed by atoms with Crippen molar-refractivity contribution >= 4 is 15.7 Å². The zero-order valence-electron chi connectivity index (χ0n) is 19.6. The van der Waals surface area contributed by atoms with E-state index in [4.69, 9.17) is 0 Å². The summed E-state index contributed by atoms with van der Waals surface area (Å²) in [6.45, 7) is 8.16. The first-order valence-electron chi connectivity index (χ1n) is 11.2. The van der Waals surface area contributed by atoms with E-state index in [0.717, 1.165) is 16.7 Å². The Morgan fingerprint density at radius 2 is 1.79 bits per heavy atom. The van der Waals surface area contributed by atoms with Gasteiger partial charge in [-0.2, -0.15) is 4.68 Å². The van der Waals surface area contributed by atoms with Gasteiger partial charge in [0.15, 0.2) is 5.82 Å². The Morgan fingerprint density at radius 3 is 2.45 bits per heavy atom. The third-order valence-corrected chi connectivity index (χ3v) is 7.19. The lowest BCUT2D eigenvalue weighted by Crippen LogP contribution is -2.26. The topological polar surface area (TPSA) is 107 Å². The highest BCUT2D eigenvalue weighted by molar-refractivity contribution is 7.91. The molecule has 0 unspecified atom stereocenters. The summed E-state index contributed by atoms with van der Waals surface area (Å²) in [5.74, 6) is 0.775. The second-order valence-electron chi connectivity index (χ2n) is 8.50. The molecule has 0 spiro atoms. The van der Waals surface area contributed by atoms with Crippen molar-refractivity contribution in [2.45, 2.75) is 46.5 Å². The van der Waals surface area contributed by atoms with Crippen molar-refractivity contribution in [3.63, 3.8) is 0 Å². The molecule has 1 aromatic heterocycles. The Hall–Kier alpha value is -3.07. The van der Waals surface area contributed by atoms with E-state index < -0.39 is 9.84 Å². The van der Waals surface area contributed by atoms with Crippen LogP contribution in [-0.2, 0) is 9.84 Å². The van der Waals surface area contributed by atoms with Gasteiger partial charge in [0.2, 0.25) is 0 Å². The monoisotopic (exact) mass is 469 g/mol. The van der Waals surface area contributed by atoms with Gasteiger partial charge in [0.1, 0.15) is 9.84 Å². The number of nitrogens with one attached hydrogen (secondary N) is 1. The van der Waals surface area contributed by atoms with Crippen LogP contribution in [0.2, 0.25) is 0 Å². The molecule has 0 aliphatic rings. The third-order valence-electron chi connectivity index (χ3n) is 5.25. The molecule has 176 valence electrons. The molecular weight excluding hydrogens is 438 g/mol. The summed E-state index contributed by atoms with van der Waals surface area (Å²) >= 11 is 0. The second-order valence-corrected chi connectivity index (χ2v) is 10.8. The molecule has 0 aliphatic heterocycles. The van der Waals surface area contributed by atoms with E-state index >= 15 is 0 Å². The molecule has 0 atom stereocenters. The van der Waals surface area contributed by atoms with Gasteiger partial charge in [-0.05, 0) is 59.5 Å². The first kappa shape index (κ1) is 24.6. The van der Waals surface area contributed by atoms with Crippen LogP contribution in [0.1, 0.15) is 61.3 Å². The smallest absolute Gasteiger partial charge is 0.251 e. The summed E-state index contributed by atoms with van der Waals surface area (Å²) in [4.78, 5) is 13.0. The zero-order chi connectivity index (χ0) is 24.0. The number of rotatable bonds is 10. The molecule has 2 aromatic carbocycles. The Balaban J connectivity index is 1.88. The number of amides is 1. The molecule has 8 nitrogen and oxygen atoms in total. The molecule has 1 heterocycles. The second kappa shape index (κ2) is 10.7. The van der Waals surface area contributed by atoms with E-state index in [9.17, 15) is 13.2 Å². The average Bonchev–Trinajstić information content (AvgIpc) is 3.27. The lowest BCUT2D eigenvalue weighted by Gasteiger charge is -2.13. The minimum Gasteiger partial charge on any atom is -0.352 e. The van der Waals surface area contributed by atoms with E-state index in [1.54, 1.807) is 10.7 Å². The first-order chi connectivity index (χ1) is 15.7. The van der Waals surface area contributed by atoms with Gasteiger partial charge in [0, 0.05) is 23.8 Å². The molecule has 9 heteroatoms. The van der Waals surface area contributed by atoms with E-state index in [1.165, 1.54) is 0 Å². The minimum atomic E-state index is -3.07. The SMILES string of the molecule is CCCS(=O)(=O)CCCNC(=O)c1cc(-c2ccc(C)cc2)cc(-n2nnnc2C(C)C)c1. The summed E-state index contributed by atoms with van der Waals surface area (Å²) < 4.78 is 25.4. The van der Waals surface area contributed by atoms with Crippen LogP contribution in [0.15, 0.2) is 42.5 Å². The summed E-state index contributed by atoms with van der Waals surface area (Å²) in [6, 6.07) is 13.6. The van der Waals surface area contributed by atoms with Crippen LogP contribution in [0.5, 0.6) is 0 Å². The fraction of sp³-hybridized carbons (Fsp3) is 0.417. The number of aryl methyl sites for hydroxylation is 1. The predicted octanol–water partition coefficient (Wildman–Crippen LogP) is 3.71. The quantitative estimate of drug-likeness (QED) is 0.454. The summed E-state index contributed by atoms with van der Waals surface area (Å²) in [6.07, 6.45) is 0.974. The van der Waals surface area contributed by atoms with Crippen molar-refractivity contribution in [1.82, 2.24) is 25.5 Å². The summed E-state index contributed by atoms with van der Waals surface area (Å²) in [7, 11) is -3.07. The average molecular weight is 470 g/mol. The van der Waals surface area contributed by atoms with Crippen molar-refractivity contribution in [3.8, 4) is 16.8 Å². The number of carbonyl (C=O) groups excluding carboxylic acids is 1. The van der Waals surface area contributed by atoms with Gasteiger partial charge in [-0.3, -0.25) is 4.79 Å². The zero-order valence-corrected chi connectivity index (χ0v) is 20.4. The van der Waals surface area contributed by atoms with Crippen molar-refractivity contribution in [2.75, 3.05) is 18.1 Å². The molecule has 33 heavy (non-hydrogen) atoms. The maximum absolute atomic E-state index is 13.0. The Morgan fingerprint density at radius 1 is 1.06 bits per heavy atom. The number of sulfone groups is 1. The van der Waals surface area contributed by atoms with E-state index in [1.807, 2.05) is 64.1 Å². The lowest BCUT2D eigenvalue weighted by molar-refractivity contribution is 0.0953. The molecule has 0 radical (unpaired) electrons. The minimum absolute atomic E-state index is 0.0676. The van der Waals surface area contributed by atoms with Crippen LogP contribution in [0.25, 0.3) is 16.8 Å². The molecule has 0 saturated heterocycles. The molecular formula is C24H31N5O3S. The van der Waals surface area contributed by atoms with Crippen LogP contribution in [0, 0.1) is 6.92 Å². The fourth-order valence-electron chi connectivity index (χ4n) is 3.52. The number of tetrazole rings is 1. The predicted molar refractivity (Wildman–Crippen MR) is 129 cm³/mol. The Kier molecular flexibility index (Phi) is 7.97. The van der Waals surface area contributed by atoms with Gasteiger partial charge in [-0.15, -0.1) is 5.10 Å². The van der Waals surface area contributed by atoms with E-state index in [-0.39, 0.29) is 29.9 Å². The van der Waals surface area contributed by atoms with E-state index in [2.05, 4.69) is 20.8 Å². The van der Waals surface area contributed by atoms with Crippen molar-refractivity contribution in [2.24, 2.45) is 0 Å². The molecule has 0 aliphatic carbocycles. The van der Waals surface area contributed by atoms with E-state index in [0.29, 0.717) is 29.9 Å². The molecule has 3 rings (SSSR count). The molecule has 0 fully saturated rings. The Bertz CT molecular complexity index is 1200. The Labute approximate surface area is 195 Å². The van der Waals surface area contributed by atoms with Gasteiger partial charge in [-0.25, -0.2) is 8.42 Å². The fourth-order valence-corrected chi connectivity index (χ4v) is 4.93. The van der Waals surface area contributed by atoms with Gasteiger partial charge in [0.25, 0.3) is 5.91 Å². The van der Waals surface area contributed by atoms with Crippen molar-refractivity contribution in [1.29, 1.82) is 0 Å². The third kappa shape index (κ3) is 6.47. The normalized spacial score (nSPS) is 11.7. The van der Waals surface area contributed by atoms with Crippen LogP contribution in [0.3, 0.4) is 0 Å². The van der Waals surface area contributed by atoms with Gasteiger partial charge in [0.05, 0.1) is 11.4 Å². The highest BCUT2D eigenvalue weighted by Crippen LogP contribution is 2.26. The van der Waals surface area contributed by atoms with Crippen LogP contribution >= 0.6 is 0 Å². The maximum atomic E-state index is 13.0. The maximum Gasteiger partial charge on any atom is 0.251 e. The largest absolute Gasteiger partial charge is 0.352 e. The molecule has 3 aromatic rings. The van der Waals surface area contributed by atoms with Crippen LogP contribution < -0.4 is 5.32 Å². The van der Waals surface area contributed by atoms with Gasteiger partial charge >= 0.3 is 0 Å². The molecule has 1 N–H and O–H groups in total. The standard InChI is InChI=1S/C24H31N5O3S/c1-5-12-33(31,32)13-6-11-25-24(30)21-14-20(19-9-7-18(4)8-10-19)15-22(16-21)29-23(17(2)3)26-27-28-29/h7-10,14-17H,5-6,11-13H2,1-4H3,(H,25,30). The lowest BCUT2D eigenvalue weighted by atomic mass is 10.0. The number of hydrogen-bond acceptors (Lipinski definition) is 6.